The van der Waals surface area contributed by atoms with E-state index in [4.69, 9.17) is 4.98 Å². The van der Waals surface area contributed by atoms with E-state index in [-0.39, 0.29) is 0 Å². The molecule has 4 atom stereocenters. The van der Waals surface area contributed by atoms with Crippen LogP contribution in [0.3, 0.4) is 0 Å². The van der Waals surface area contributed by atoms with Gasteiger partial charge in [0.25, 0.3) is 0 Å². The molecule has 4 unspecified atom stereocenters. The van der Waals surface area contributed by atoms with Gasteiger partial charge in [0, 0.05) is 17.9 Å². The molecule has 0 saturated heterocycles. The predicted molar refractivity (Wildman–Crippen MR) is 163 cm³/mol. The summed E-state index contributed by atoms with van der Waals surface area (Å²) in [4.78, 5) is 4.87. The Labute approximate surface area is 229 Å². The Balaban J connectivity index is 1.83. The fourth-order valence-corrected chi connectivity index (χ4v) is 5.66. The minimum Gasteiger partial charge on any atom is -0.388 e. The first-order valence-corrected chi connectivity index (χ1v) is 15.3. The van der Waals surface area contributed by atoms with Crippen molar-refractivity contribution in [2.24, 2.45) is 23.7 Å². The second-order valence-corrected chi connectivity index (χ2v) is 11.8. The van der Waals surface area contributed by atoms with Crippen LogP contribution in [0.1, 0.15) is 103 Å². The second kappa shape index (κ2) is 18.4. The fraction of sp³-hybridized carbons (Fsp3) is 0.676. The van der Waals surface area contributed by atoms with Crippen molar-refractivity contribution in [3.8, 4) is 0 Å². The van der Waals surface area contributed by atoms with Crippen molar-refractivity contribution < 1.29 is 0 Å². The van der Waals surface area contributed by atoms with Gasteiger partial charge in [-0.2, -0.15) is 0 Å². The van der Waals surface area contributed by atoms with Crippen LogP contribution in [0.5, 0.6) is 0 Å². The van der Waals surface area contributed by atoms with E-state index in [9.17, 15) is 0 Å². The number of rotatable bonds is 19. The zero-order valence-electron chi connectivity index (χ0n) is 24.8. The van der Waals surface area contributed by atoms with Crippen LogP contribution in [0.4, 0.5) is 0 Å². The van der Waals surface area contributed by atoms with Gasteiger partial charge in [-0.1, -0.05) is 84.4 Å². The smallest absolute Gasteiger partial charge is 0.0435 e. The van der Waals surface area contributed by atoms with Gasteiger partial charge in [-0.15, -0.1) is 0 Å². The van der Waals surface area contributed by atoms with Crippen LogP contribution >= 0.6 is 0 Å². The third kappa shape index (κ3) is 12.0. The van der Waals surface area contributed by atoms with E-state index >= 15 is 0 Å². The van der Waals surface area contributed by atoms with Crippen LogP contribution < -0.4 is 10.6 Å². The molecule has 208 valence electrons. The molecule has 1 aromatic rings. The standard InChI is InChI=1S/C34H57N3/c1-7-22-35-23-15-13-11-9-10-12-14-19-30-24-32-25-31(20-21-33(32)37-26-30)29(6)34(36-8-2)28(5)18-16-17-27(3)4/h8,12,14,16,18,24,26-29,31,34-36H,2,7,9-11,13,15,17,19-23,25H2,1,3-6H3/b14-12+,18-16-. The highest BCUT2D eigenvalue weighted by Crippen LogP contribution is 2.33. The Morgan fingerprint density at radius 2 is 1.86 bits per heavy atom. The zero-order chi connectivity index (χ0) is 26.9. The van der Waals surface area contributed by atoms with Gasteiger partial charge in [0.05, 0.1) is 0 Å². The van der Waals surface area contributed by atoms with E-state index in [1.807, 2.05) is 6.20 Å². The maximum absolute atomic E-state index is 4.87. The van der Waals surface area contributed by atoms with Gasteiger partial charge >= 0.3 is 0 Å². The first kappa shape index (κ1) is 31.3. The van der Waals surface area contributed by atoms with Gasteiger partial charge in [0.1, 0.15) is 0 Å². The molecule has 37 heavy (non-hydrogen) atoms. The first-order valence-electron chi connectivity index (χ1n) is 15.3. The van der Waals surface area contributed by atoms with E-state index in [0.717, 1.165) is 32.2 Å². The van der Waals surface area contributed by atoms with Gasteiger partial charge in [0.15, 0.2) is 0 Å². The molecule has 3 heteroatoms. The Morgan fingerprint density at radius 1 is 1.05 bits per heavy atom. The second-order valence-electron chi connectivity index (χ2n) is 11.8. The molecular formula is C34H57N3. The normalized spacial score (nSPS) is 18.3. The van der Waals surface area contributed by atoms with Crippen molar-refractivity contribution in [2.75, 3.05) is 13.1 Å². The number of aromatic nitrogens is 1. The highest BCUT2D eigenvalue weighted by atomic mass is 14.9. The number of aryl methyl sites for hydroxylation is 1. The van der Waals surface area contributed by atoms with Gasteiger partial charge in [-0.3, -0.25) is 4.98 Å². The zero-order valence-corrected chi connectivity index (χ0v) is 24.8. The molecule has 1 aliphatic rings. The van der Waals surface area contributed by atoms with Gasteiger partial charge in [-0.05, 0) is 112 Å². The summed E-state index contributed by atoms with van der Waals surface area (Å²) in [7, 11) is 0. The molecular weight excluding hydrogens is 450 g/mol. The largest absolute Gasteiger partial charge is 0.388 e. The van der Waals surface area contributed by atoms with Crippen molar-refractivity contribution in [3.63, 3.8) is 0 Å². The summed E-state index contributed by atoms with van der Waals surface area (Å²) in [6.07, 6.45) is 26.8. The predicted octanol–water partition coefficient (Wildman–Crippen LogP) is 8.21. The summed E-state index contributed by atoms with van der Waals surface area (Å²) in [6, 6.07) is 2.86. The lowest BCUT2D eigenvalue weighted by atomic mass is 9.73. The molecule has 0 aromatic carbocycles. The number of nitrogens with one attached hydrogen (secondary N) is 2. The lowest BCUT2D eigenvalue weighted by Gasteiger charge is -2.36. The van der Waals surface area contributed by atoms with Gasteiger partial charge in [0.2, 0.25) is 0 Å². The van der Waals surface area contributed by atoms with Crippen molar-refractivity contribution in [3.05, 3.63) is 66.2 Å². The summed E-state index contributed by atoms with van der Waals surface area (Å²) in [5.74, 6) is 2.45. The molecule has 0 amide bonds. The lowest BCUT2D eigenvalue weighted by molar-refractivity contribution is 0.228. The number of nitrogens with zero attached hydrogens (tertiary/aromatic N) is 1. The molecule has 0 radical (unpaired) electrons. The average molecular weight is 508 g/mol. The van der Waals surface area contributed by atoms with E-state index in [2.05, 4.69) is 88.4 Å². The van der Waals surface area contributed by atoms with Crippen molar-refractivity contribution in [1.29, 1.82) is 0 Å². The molecule has 3 nitrogen and oxygen atoms in total. The molecule has 0 bridgehead atoms. The number of allylic oxidation sites excluding steroid dienone is 3. The summed E-state index contributed by atoms with van der Waals surface area (Å²) in [5, 5.41) is 7.09. The number of hydrogen-bond acceptors (Lipinski definition) is 3. The SMILES string of the molecule is C=CNC(C(C)/C=C\CC(C)C)C(C)C1CCc2ncc(C/C=C/CCCCCCNCCC)cc2C1. The topological polar surface area (TPSA) is 37.0 Å². The van der Waals surface area contributed by atoms with E-state index in [0.29, 0.717) is 29.7 Å². The Hall–Kier alpha value is -1.87. The molecule has 0 aliphatic heterocycles. The van der Waals surface area contributed by atoms with Crippen molar-refractivity contribution in [2.45, 2.75) is 111 Å². The molecule has 0 saturated carbocycles. The minimum atomic E-state index is 0.416. The molecule has 0 fully saturated rings. The van der Waals surface area contributed by atoms with Gasteiger partial charge < -0.3 is 10.6 Å². The molecule has 0 spiro atoms. The van der Waals surface area contributed by atoms with Crippen LogP contribution in [0.2, 0.25) is 0 Å². The molecule has 2 rings (SSSR count). The van der Waals surface area contributed by atoms with Crippen molar-refractivity contribution >= 4 is 0 Å². The number of hydrogen-bond donors (Lipinski definition) is 2. The van der Waals surface area contributed by atoms with Crippen LogP contribution in [-0.2, 0) is 19.3 Å². The molecule has 1 aromatic heterocycles. The number of pyridine rings is 1. The van der Waals surface area contributed by atoms with Gasteiger partial charge in [-0.25, -0.2) is 0 Å². The van der Waals surface area contributed by atoms with Crippen molar-refractivity contribution in [1.82, 2.24) is 15.6 Å². The Bertz CT molecular complexity index is 809. The molecule has 2 N–H and O–H groups in total. The third-order valence-electron chi connectivity index (χ3n) is 8.01. The summed E-state index contributed by atoms with van der Waals surface area (Å²) in [6.45, 7) is 17.9. The number of fused-ring (bicyclic) bond motifs is 1. The Morgan fingerprint density at radius 3 is 2.62 bits per heavy atom. The van der Waals surface area contributed by atoms with E-state index < -0.39 is 0 Å². The average Bonchev–Trinajstić information content (AvgIpc) is 2.89. The first-order chi connectivity index (χ1) is 18.0. The van der Waals surface area contributed by atoms with E-state index in [1.165, 1.54) is 68.3 Å². The highest BCUT2D eigenvalue weighted by molar-refractivity contribution is 5.29. The Kier molecular flexibility index (Phi) is 15.6. The third-order valence-corrected chi connectivity index (χ3v) is 8.01. The van der Waals surface area contributed by atoms with E-state index in [1.54, 1.807) is 0 Å². The fourth-order valence-electron chi connectivity index (χ4n) is 5.66. The maximum atomic E-state index is 4.87. The molecule has 1 aliphatic carbocycles. The van der Waals surface area contributed by atoms with Crippen LogP contribution in [0.15, 0.2) is 49.3 Å². The summed E-state index contributed by atoms with van der Waals surface area (Å²) < 4.78 is 0. The summed E-state index contributed by atoms with van der Waals surface area (Å²) >= 11 is 0. The quantitative estimate of drug-likeness (QED) is 0.146. The monoisotopic (exact) mass is 507 g/mol. The lowest BCUT2D eigenvalue weighted by Crippen LogP contribution is -2.41. The minimum absolute atomic E-state index is 0.416. The van der Waals surface area contributed by atoms with Crippen LogP contribution in [0, 0.1) is 23.7 Å². The van der Waals surface area contributed by atoms with Crippen LogP contribution in [0.25, 0.3) is 0 Å². The summed E-state index contributed by atoms with van der Waals surface area (Å²) in [5.41, 5.74) is 4.16. The molecule has 1 heterocycles. The number of unbranched alkanes of at least 4 members (excludes halogenated alkanes) is 4. The highest BCUT2D eigenvalue weighted by Gasteiger charge is 2.31. The maximum Gasteiger partial charge on any atom is 0.0435 e. The van der Waals surface area contributed by atoms with Crippen LogP contribution in [-0.4, -0.2) is 24.1 Å².